The van der Waals surface area contributed by atoms with E-state index in [2.05, 4.69) is 29.6 Å². The van der Waals surface area contributed by atoms with E-state index in [-0.39, 0.29) is 0 Å². The van der Waals surface area contributed by atoms with Crippen LogP contribution in [0, 0.1) is 0 Å². The summed E-state index contributed by atoms with van der Waals surface area (Å²) >= 11 is 1.74. The van der Waals surface area contributed by atoms with Crippen molar-refractivity contribution < 1.29 is 4.74 Å². The van der Waals surface area contributed by atoms with Gasteiger partial charge in [-0.1, -0.05) is 36.4 Å². The Morgan fingerprint density at radius 1 is 1.05 bits per heavy atom. The highest BCUT2D eigenvalue weighted by Crippen LogP contribution is 2.39. The lowest BCUT2D eigenvalue weighted by Gasteiger charge is -2.13. The van der Waals surface area contributed by atoms with E-state index in [0.717, 1.165) is 35.1 Å². The van der Waals surface area contributed by atoms with E-state index in [9.17, 15) is 0 Å². The van der Waals surface area contributed by atoms with Crippen LogP contribution in [0.5, 0.6) is 5.75 Å². The van der Waals surface area contributed by atoms with Crippen LogP contribution in [0.4, 0.5) is 10.8 Å². The second kappa shape index (κ2) is 5.46. The van der Waals surface area contributed by atoms with Crippen molar-refractivity contribution in [1.82, 2.24) is 4.98 Å². The molecule has 0 saturated carbocycles. The number of nitrogens with zero attached hydrogens (tertiary/aromatic N) is 1. The number of hydrogen-bond donors (Lipinski definition) is 1. The number of hydrogen-bond acceptors (Lipinski definition) is 4. The maximum absolute atomic E-state index is 5.39. The first-order valence-corrected chi connectivity index (χ1v) is 8.15. The zero-order chi connectivity index (χ0) is 14.9. The molecule has 0 atom stereocenters. The summed E-state index contributed by atoms with van der Waals surface area (Å²) in [5, 5.41) is 4.32. The van der Waals surface area contributed by atoms with Crippen molar-refractivity contribution in [3.8, 4) is 17.0 Å². The van der Waals surface area contributed by atoms with Gasteiger partial charge in [0.15, 0.2) is 5.13 Å². The number of anilines is 2. The molecule has 0 spiro atoms. The number of fused-ring (bicyclic) bond motifs is 3. The smallest absolute Gasteiger partial charge is 0.188 e. The zero-order valence-electron chi connectivity index (χ0n) is 12.3. The number of ether oxygens (including phenoxy) is 1. The molecule has 0 bridgehead atoms. The average Bonchev–Trinajstić information content (AvgIpc) is 2.98. The molecule has 4 heteroatoms. The SMILES string of the molecule is COc1ccccc1Nc1nc2c(s1)CCc1ccccc1-2. The first-order valence-electron chi connectivity index (χ1n) is 7.33. The van der Waals surface area contributed by atoms with Gasteiger partial charge in [0.25, 0.3) is 0 Å². The minimum atomic E-state index is 0.830. The highest BCUT2D eigenvalue weighted by molar-refractivity contribution is 7.16. The summed E-state index contributed by atoms with van der Waals surface area (Å²) in [5.74, 6) is 0.830. The van der Waals surface area contributed by atoms with Crippen LogP contribution in [-0.4, -0.2) is 12.1 Å². The molecular weight excluding hydrogens is 292 g/mol. The van der Waals surface area contributed by atoms with Gasteiger partial charge >= 0.3 is 0 Å². The minimum Gasteiger partial charge on any atom is -0.495 e. The fourth-order valence-electron chi connectivity index (χ4n) is 2.87. The molecule has 0 unspecified atom stereocenters. The Bertz CT molecular complexity index is 825. The van der Waals surface area contributed by atoms with Gasteiger partial charge in [0.2, 0.25) is 0 Å². The van der Waals surface area contributed by atoms with Crippen LogP contribution in [-0.2, 0) is 12.8 Å². The first-order chi connectivity index (χ1) is 10.8. The van der Waals surface area contributed by atoms with Crippen molar-refractivity contribution in [2.75, 3.05) is 12.4 Å². The number of aryl methyl sites for hydroxylation is 2. The quantitative estimate of drug-likeness (QED) is 0.764. The maximum atomic E-state index is 5.39. The number of nitrogens with one attached hydrogen (secondary N) is 1. The number of aromatic nitrogens is 1. The molecule has 3 aromatic rings. The predicted octanol–water partition coefficient (Wildman–Crippen LogP) is 4.66. The minimum absolute atomic E-state index is 0.830. The van der Waals surface area contributed by atoms with E-state index in [4.69, 9.17) is 9.72 Å². The van der Waals surface area contributed by atoms with E-state index in [1.165, 1.54) is 16.0 Å². The maximum Gasteiger partial charge on any atom is 0.188 e. The van der Waals surface area contributed by atoms with Gasteiger partial charge in [0, 0.05) is 10.4 Å². The molecule has 0 amide bonds. The molecule has 0 aliphatic heterocycles. The summed E-state index contributed by atoms with van der Waals surface area (Å²) in [5.41, 5.74) is 4.74. The molecule has 2 aromatic carbocycles. The third-order valence-corrected chi connectivity index (χ3v) is 4.97. The average molecular weight is 308 g/mol. The van der Waals surface area contributed by atoms with Gasteiger partial charge in [-0.15, -0.1) is 11.3 Å². The number of thiazole rings is 1. The molecule has 0 fully saturated rings. The number of benzene rings is 2. The van der Waals surface area contributed by atoms with Gasteiger partial charge in [-0.05, 0) is 30.5 Å². The van der Waals surface area contributed by atoms with Crippen LogP contribution in [0.2, 0.25) is 0 Å². The highest BCUT2D eigenvalue weighted by Gasteiger charge is 2.20. The number of rotatable bonds is 3. The second-order valence-electron chi connectivity index (χ2n) is 5.27. The molecule has 1 aliphatic rings. The summed E-state index contributed by atoms with van der Waals surface area (Å²) in [6.07, 6.45) is 2.16. The fraction of sp³-hybridized carbons (Fsp3) is 0.167. The van der Waals surface area contributed by atoms with Crippen LogP contribution in [0.15, 0.2) is 48.5 Å². The molecule has 1 heterocycles. The van der Waals surface area contributed by atoms with Crippen molar-refractivity contribution in [2.24, 2.45) is 0 Å². The Morgan fingerprint density at radius 2 is 1.86 bits per heavy atom. The standard InChI is InChI=1S/C18H16N2OS/c1-21-15-9-5-4-8-14(15)19-18-20-17-13-7-3-2-6-12(13)10-11-16(17)22-18/h2-9H,10-11H2,1H3,(H,19,20). The van der Waals surface area contributed by atoms with Crippen molar-refractivity contribution in [3.63, 3.8) is 0 Å². The first kappa shape index (κ1) is 13.3. The third kappa shape index (κ3) is 2.25. The van der Waals surface area contributed by atoms with Crippen molar-refractivity contribution in [3.05, 3.63) is 59.0 Å². The molecule has 1 N–H and O–H groups in total. The largest absolute Gasteiger partial charge is 0.495 e. The van der Waals surface area contributed by atoms with E-state index in [0.29, 0.717) is 0 Å². The van der Waals surface area contributed by atoms with E-state index >= 15 is 0 Å². The Labute approximate surface area is 133 Å². The summed E-state index contributed by atoms with van der Waals surface area (Å²) < 4.78 is 5.39. The molecule has 0 radical (unpaired) electrons. The molecule has 0 saturated heterocycles. The Morgan fingerprint density at radius 3 is 2.77 bits per heavy atom. The van der Waals surface area contributed by atoms with Gasteiger partial charge in [-0.2, -0.15) is 0 Å². The fourth-order valence-corrected chi connectivity index (χ4v) is 3.85. The lowest BCUT2D eigenvalue weighted by Crippen LogP contribution is -2.01. The van der Waals surface area contributed by atoms with Crippen LogP contribution in [0.25, 0.3) is 11.3 Å². The summed E-state index contributed by atoms with van der Waals surface area (Å²) in [4.78, 5) is 6.17. The molecule has 3 nitrogen and oxygen atoms in total. The van der Waals surface area contributed by atoms with Crippen LogP contribution in [0.1, 0.15) is 10.4 Å². The molecule has 1 aliphatic carbocycles. The monoisotopic (exact) mass is 308 g/mol. The molecule has 4 rings (SSSR count). The van der Waals surface area contributed by atoms with Gasteiger partial charge in [0.1, 0.15) is 5.75 Å². The van der Waals surface area contributed by atoms with Gasteiger partial charge in [-0.25, -0.2) is 4.98 Å². The topological polar surface area (TPSA) is 34.1 Å². The van der Waals surface area contributed by atoms with Crippen molar-refractivity contribution >= 4 is 22.2 Å². The van der Waals surface area contributed by atoms with E-state index < -0.39 is 0 Å². The van der Waals surface area contributed by atoms with Gasteiger partial charge in [-0.3, -0.25) is 0 Å². The normalized spacial score (nSPS) is 12.4. The predicted molar refractivity (Wildman–Crippen MR) is 91.2 cm³/mol. The van der Waals surface area contributed by atoms with Crippen LogP contribution in [0.3, 0.4) is 0 Å². The van der Waals surface area contributed by atoms with E-state index in [1.807, 2.05) is 24.3 Å². The molecular formula is C18H16N2OS. The molecule has 22 heavy (non-hydrogen) atoms. The number of para-hydroxylation sites is 2. The number of methoxy groups -OCH3 is 1. The van der Waals surface area contributed by atoms with Crippen LogP contribution < -0.4 is 10.1 Å². The Balaban J connectivity index is 1.71. The molecule has 110 valence electrons. The van der Waals surface area contributed by atoms with Gasteiger partial charge in [0.05, 0.1) is 18.5 Å². The van der Waals surface area contributed by atoms with E-state index in [1.54, 1.807) is 18.4 Å². The summed E-state index contributed by atoms with van der Waals surface area (Å²) in [6, 6.07) is 16.5. The lowest BCUT2D eigenvalue weighted by molar-refractivity contribution is 0.417. The Kier molecular flexibility index (Phi) is 3.31. The lowest BCUT2D eigenvalue weighted by atomic mass is 9.94. The zero-order valence-corrected chi connectivity index (χ0v) is 13.1. The summed E-state index contributed by atoms with van der Waals surface area (Å²) in [6.45, 7) is 0. The van der Waals surface area contributed by atoms with Crippen molar-refractivity contribution in [2.45, 2.75) is 12.8 Å². The Hall–Kier alpha value is -2.33. The van der Waals surface area contributed by atoms with Gasteiger partial charge < -0.3 is 10.1 Å². The second-order valence-corrected chi connectivity index (χ2v) is 6.36. The third-order valence-electron chi connectivity index (χ3n) is 3.94. The van der Waals surface area contributed by atoms with Crippen LogP contribution >= 0.6 is 11.3 Å². The highest BCUT2D eigenvalue weighted by atomic mass is 32.1. The summed E-state index contributed by atoms with van der Waals surface area (Å²) in [7, 11) is 1.68. The molecule has 1 aromatic heterocycles. The van der Waals surface area contributed by atoms with Crippen molar-refractivity contribution in [1.29, 1.82) is 0 Å².